The quantitative estimate of drug-likeness (QED) is 0.162. The fourth-order valence-electron chi connectivity index (χ4n) is 9.78. The molecule has 1 N–H and O–H groups in total. The number of rotatable bonds is 17. The Morgan fingerprint density at radius 2 is 1.70 bits per heavy atom. The molecule has 0 radical (unpaired) electrons. The van der Waals surface area contributed by atoms with E-state index in [4.69, 9.17) is 9.72 Å². The first-order valence-electron chi connectivity index (χ1n) is 20.3. The standard InChI is InChI=1S/C44H66N4O5S/c1-28(2)20-32(21-31-16-12-11-13-17-31)45-39(51)34-24-54-40(46-34)38(53-30(5)49)23-36(29(3)4)48(10)41(52)33(22-37(50)35-18-14-15-19-47(35)9)43-25-44(26-43,27-43)42(6,7)8/h11-13,16-17,24,28-29,32-33,35-36,38H,14-15,18-23,25-27H2,1-10H3,(H,45,51)/t32-,33-,35-,36-,38-,43?,44?/m1/s1. The molecule has 2 bridgehead atoms. The second-order valence-corrected chi connectivity index (χ2v) is 19.7. The zero-order chi connectivity index (χ0) is 39.6. The van der Waals surface area contributed by atoms with Crippen LogP contribution in [0.4, 0.5) is 0 Å². The Kier molecular flexibility index (Phi) is 13.2. The molecule has 2 amide bonds. The van der Waals surface area contributed by atoms with Crippen LogP contribution in [0.15, 0.2) is 35.7 Å². The molecule has 298 valence electrons. The summed E-state index contributed by atoms with van der Waals surface area (Å²) in [5.41, 5.74) is 1.69. The van der Waals surface area contributed by atoms with E-state index in [1.165, 1.54) is 18.3 Å². The predicted octanol–water partition coefficient (Wildman–Crippen LogP) is 8.28. The highest BCUT2D eigenvalue weighted by molar-refractivity contribution is 7.09. The number of esters is 1. The highest BCUT2D eigenvalue weighted by Gasteiger charge is 2.74. The van der Waals surface area contributed by atoms with E-state index < -0.39 is 12.1 Å². The summed E-state index contributed by atoms with van der Waals surface area (Å²) in [6.07, 6.45) is 7.35. The summed E-state index contributed by atoms with van der Waals surface area (Å²) in [6.45, 7) is 17.6. The minimum absolute atomic E-state index is 0.0121. The van der Waals surface area contributed by atoms with Gasteiger partial charge in [0.2, 0.25) is 5.91 Å². The normalized spacial score (nSPS) is 24.9. The summed E-state index contributed by atoms with van der Waals surface area (Å²) >= 11 is 1.30. The van der Waals surface area contributed by atoms with Crippen molar-refractivity contribution in [2.75, 3.05) is 20.6 Å². The number of piperidine rings is 1. The van der Waals surface area contributed by atoms with E-state index in [0.29, 0.717) is 23.0 Å². The number of aromatic nitrogens is 1. The molecule has 10 heteroatoms. The van der Waals surface area contributed by atoms with E-state index in [-0.39, 0.29) is 70.2 Å². The predicted molar refractivity (Wildman–Crippen MR) is 215 cm³/mol. The third kappa shape index (κ3) is 9.29. The van der Waals surface area contributed by atoms with Crippen LogP contribution in [0.2, 0.25) is 0 Å². The molecular formula is C44H66N4O5S. The highest BCUT2D eigenvalue weighted by atomic mass is 32.1. The Labute approximate surface area is 328 Å². The van der Waals surface area contributed by atoms with Gasteiger partial charge in [-0.3, -0.25) is 24.1 Å². The number of Topliss-reactive ketones (excluding diaryl/α,β-unsaturated/α-hetero) is 1. The molecule has 6 rings (SSSR count). The van der Waals surface area contributed by atoms with Crippen LogP contribution in [0, 0.1) is 34.0 Å². The molecule has 5 atom stereocenters. The van der Waals surface area contributed by atoms with Gasteiger partial charge in [-0.15, -0.1) is 11.3 Å². The molecule has 1 aliphatic heterocycles. The number of ketones is 1. The fraction of sp³-hybridized carbons (Fsp3) is 0.705. The maximum absolute atomic E-state index is 14.8. The van der Waals surface area contributed by atoms with E-state index in [1.807, 2.05) is 37.2 Å². The lowest BCUT2D eigenvalue weighted by Crippen LogP contribution is -2.71. The minimum atomic E-state index is -0.734. The monoisotopic (exact) mass is 762 g/mol. The lowest BCUT2D eigenvalue weighted by atomic mass is 9.26. The Balaban J connectivity index is 1.34. The molecule has 1 aromatic heterocycles. The average Bonchev–Trinajstić information content (AvgIpc) is 3.54. The Bertz CT molecular complexity index is 1610. The molecule has 54 heavy (non-hydrogen) atoms. The summed E-state index contributed by atoms with van der Waals surface area (Å²) in [5, 5.41) is 5.47. The first kappa shape index (κ1) is 42.0. The van der Waals surface area contributed by atoms with Crippen molar-refractivity contribution < 1.29 is 23.9 Å². The summed E-state index contributed by atoms with van der Waals surface area (Å²) in [4.78, 5) is 63.6. The van der Waals surface area contributed by atoms with Gasteiger partial charge in [-0.2, -0.15) is 0 Å². The van der Waals surface area contributed by atoms with Crippen LogP contribution in [0.25, 0.3) is 0 Å². The van der Waals surface area contributed by atoms with Gasteiger partial charge in [0, 0.05) is 44.3 Å². The van der Waals surface area contributed by atoms with E-state index in [2.05, 4.69) is 70.8 Å². The molecule has 4 fully saturated rings. The minimum Gasteiger partial charge on any atom is -0.455 e. The SMILES string of the molecule is CC(=O)O[C@H](C[C@H](C(C)C)N(C)C(=O)[C@@H](CC(=O)[C@H]1CCCCN1C)C12CC(C(C)(C)C)(C1)C2)c1nc(C(=O)N[C@@H](Cc2ccccc2)CC(C)C)cs1. The number of hydrogen-bond donors (Lipinski definition) is 1. The molecule has 0 unspecified atom stereocenters. The second-order valence-electron chi connectivity index (χ2n) is 18.8. The summed E-state index contributed by atoms with van der Waals surface area (Å²) in [6, 6.07) is 9.67. The topological polar surface area (TPSA) is 109 Å². The van der Waals surface area contributed by atoms with Crippen LogP contribution in [0.3, 0.4) is 0 Å². The van der Waals surface area contributed by atoms with Crippen LogP contribution in [0.5, 0.6) is 0 Å². The summed E-state index contributed by atoms with van der Waals surface area (Å²) in [5.74, 6) is -0.456. The van der Waals surface area contributed by atoms with Crippen molar-refractivity contribution in [1.82, 2.24) is 20.1 Å². The Morgan fingerprint density at radius 1 is 1.04 bits per heavy atom. The van der Waals surface area contributed by atoms with E-state index >= 15 is 0 Å². The van der Waals surface area contributed by atoms with Crippen LogP contribution in [-0.2, 0) is 25.5 Å². The lowest BCUT2D eigenvalue weighted by Gasteiger charge is -2.77. The number of likely N-dealkylation sites (tertiary alicyclic amines) is 1. The number of nitrogens with zero attached hydrogens (tertiary/aromatic N) is 3. The zero-order valence-corrected chi connectivity index (χ0v) is 35.4. The van der Waals surface area contributed by atoms with Crippen molar-refractivity contribution in [1.29, 1.82) is 0 Å². The number of nitrogens with one attached hydrogen (secondary N) is 1. The van der Waals surface area contributed by atoms with Crippen molar-refractivity contribution in [3.05, 3.63) is 52.0 Å². The van der Waals surface area contributed by atoms with Gasteiger partial charge in [0.15, 0.2) is 11.9 Å². The fourth-order valence-corrected chi connectivity index (χ4v) is 10.6. The first-order valence-corrected chi connectivity index (χ1v) is 21.2. The van der Waals surface area contributed by atoms with Gasteiger partial charge >= 0.3 is 5.97 Å². The third-order valence-corrected chi connectivity index (χ3v) is 14.0. The molecule has 3 aliphatic carbocycles. The molecule has 2 heterocycles. The van der Waals surface area contributed by atoms with Gasteiger partial charge in [-0.05, 0) is 92.2 Å². The zero-order valence-electron chi connectivity index (χ0n) is 34.6. The van der Waals surface area contributed by atoms with Crippen LogP contribution in [0.1, 0.15) is 140 Å². The van der Waals surface area contributed by atoms with Crippen molar-refractivity contribution in [3.8, 4) is 0 Å². The maximum Gasteiger partial charge on any atom is 0.303 e. The molecule has 1 saturated heterocycles. The van der Waals surface area contributed by atoms with Crippen molar-refractivity contribution in [2.45, 2.75) is 144 Å². The number of ether oxygens (including phenoxy) is 1. The first-order chi connectivity index (χ1) is 25.3. The number of carbonyl (C=O) groups is 4. The molecule has 3 saturated carbocycles. The number of amides is 2. The smallest absolute Gasteiger partial charge is 0.303 e. The van der Waals surface area contributed by atoms with Crippen molar-refractivity contribution in [2.24, 2.45) is 34.0 Å². The maximum atomic E-state index is 14.8. The number of hydrogen-bond acceptors (Lipinski definition) is 8. The van der Waals surface area contributed by atoms with Crippen LogP contribution in [-0.4, -0.2) is 77.1 Å². The summed E-state index contributed by atoms with van der Waals surface area (Å²) < 4.78 is 5.91. The molecule has 2 aromatic rings. The number of thiazole rings is 1. The van der Waals surface area contributed by atoms with E-state index in [0.717, 1.165) is 63.5 Å². The van der Waals surface area contributed by atoms with Gasteiger partial charge in [-0.25, -0.2) is 4.98 Å². The van der Waals surface area contributed by atoms with Crippen LogP contribution < -0.4 is 5.32 Å². The largest absolute Gasteiger partial charge is 0.455 e. The molecule has 4 aliphatic rings. The second kappa shape index (κ2) is 16.9. The average molecular weight is 763 g/mol. The number of carbonyl (C=O) groups excluding carboxylic acids is 4. The van der Waals surface area contributed by atoms with Gasteiger partial charge < -0.3 is 15.0 Å². The van der Waals surface area contributed by atoms with Crippen LogP contribution >= 0.6 is 11.3 Å². The Morgan fingerprint density at radius 3 is 2.28 bits per heavy atom. The molecule has 9 nitrogen and oxygen atoms in total. The molecular weight excluding hydrogens is 697 g/mol. The Hall–Kier alpha value is -3.11. The van der Waals surface area contributed by atoms with Crippen molar-refractivity contribution in [3.63, 3.8) is 0 Å². The van der Waals surface area contributed by atoms with Crippen molar-refractivity contribution >= 4 is 34.9 Å². The van der Waals surface area contributed by atoms with E-state index in [9.17, 15) is 19.2 Å². The van der Waals surface area contributed by atoms with E-state index in [1.54, 1.807) is 5.38 Å². The van der Waals surface area contributed by atoms with Gasteiger partial charge in [0.1, 0.15) is 10.7 Å². The highest BCUT2D eigenvalue weighted by Crippen LogP contribution is 2.81. The van der Waals surface area contributed by atoms with Gasteiger partial charge in [0.25, 0.3) is 5.91 Å². The van der Waals surface area contributed by atoms with Gasteiger partial charge in [-0.1, -0.05) is 85.2 Å². The number of benzene rings is 1. The number of likely N-dealkylation sites (N-methyl/N-ethyl adjacent to an activating group) is 1. The third-order valence-electron chi connectivity index (χ3n) is 13.1. The van der Waals surface area contributed by atoms with Gasteiger partial charge in [0.05, 0.1) is 12.0 Å². The molecule has 0 spiro atoms. The summed E-state index contributed by atoms with van der Waals surface area (Å²) in [7, 11) is 3.89. The molecule has 1 aromatic carbocycles. The lowest BCUT2D eigenvalue weighted by molar-refractivity contribution is -0.282.